The number of hydrogen-bond donors (Lipinski definition) is 0. The minimum atomic E-state index is -1.86. The van der Waals surface area contributed by atoms with Crippen LogP contribution in [0.2, 0.25) is 10.6 Å². The van der Waals surface area contributed by atoms with Gasteiger partial charge in [0.25, 0.3) is 0 Å². The SMILES string of the molecule is O=C(O[C@@H]1[C@@H](OC(=O)c2ccccc2)[C@H](O[C@H]2[C@H](OCc3ccccc3)[C@@H](OCc3ccccc3)[C@H](OCc3ccccc3)O[C@@H]2COCc2ccccc2)O[C@H](C[Se][Se]C[C@H]2O[C@@H](O[C@H]3[C@H](OCc4ccccc4)[C@@H](OCc4ccccc4)[C@H](OCc4ccccc4)O[C@@H]3COCc3ccccc3)[C@H](OC(=O)c3ccccc3)[C@@H](OC(=O)c3ccccc3)[C@@H]2OC(=O)c2ccccc2)[C@H]1OC(=O)c1ccccc1)c1ccccc1. The Balaban J connectivity index is 0.766. The summed E-state index contributed by atoms with van der Waals surface area (Å²) < 4.78 is 143. The Morgan fingerprint density at radius 2 is 0.367 bits per heavy atom. The number of ether oxygens (including phenoxy) is 20. The Hall–Kier alpha value is -13.6. The van der Waals surface area contributed by atoms with Gasteiger partial charge in [-0.3, -0.25) is 0 Å². The van der Waals surface area contributed by atoms with Crippen molar-refractivity contribution in [1.82, 2.24) is 0 Å². The second kappa shape index (κ2) is 55.2. The number of carbonyl (C=O) groups excluding carboxylic acids is 6. The van der Waals surface area contributed by atoms with Crippen molar-refractivity contribution in [3.8, 4) is 0 Å². The van der Waals surface area contributed by atoms with Crippen molar-refractivity contribution in [1.29, 1.82) is 0 Å². The van der Waals surface area contributed by atoms with E-state index in [-0.39, 0.29) is 110 Å². The van der Waals surface area contributed by atoms with E-state index in [1.54, 1.807) is 182 Å². The van der Waals surface area contributed by atoms with Crippen LogP contribution in [0.5, 0.6) is 0 Å². The van der Waals surface area contributed by atoms with Crippen LogP contribution in [0.4, 0.5) is 0 Å². The molecule has 0 N–H and O–H groups in total. The van der Waals surface area contributed by atoms with Gasteiger partial charge >= 0.3 is 742 Å². The third-order valence-electron chi connectivity index (χ3n) is 25.5. The average molecular weight is 2150 g/mol. The van der Waals surface area contributed by atoms with Crippen LogP contribution in [-0.2, 0) is 148 Å². The van der Waals surface area contributed by atoms with E-state index < -0.39 is 185 Å². The van der Waals surface area contributed by atoms with Gasteiger partial charge in [0.1, 0.15) is 0 Å². The van der Waals surface area contributed by atoms with E-state index in [4.69, 9.17) is 94.7 Å². The van der Waals surface area contributed by atoms with Gasteiger partial charge in [-0.1, -0.05) is 146 Å². The van der Waals surface area contributed by atoms with Crippen LogP contribution in [0, 0.1) is 0 Å². The fourth-order valence-corrected chi connectivity index (χ4v) is 25.0. The van der Waals surface area contributed by atoms with Crippen LogP contribution in [-0.4, -0.2) is 198 Å². The molecular formula is C122H114O26Se2. The molecule has 150 heavy (non-hydrogen) atoms. The molecule has 4 aliphatic rings. The van der Waals surface area contributed by atoms with E-state index in [2.05, 4.69) is 0 Å². The topological polar surface area (TPSA) is 287 Å². The predicted octanol–water partition coefficient (Wildman–Crippen LogP) is 19.4. The van der Waals surface area contributed by atoms with Gasteiger partial charge in [-0.15, -0.1) is 0 Å². The second-order valence-electron chi connectivity index (χ2n) is 36.0. The number of hydrogen-bond acceptors (Lipinski definition) is 26. The molecule has 28 heteroatoms. The quantitative estimate of drug-likeness (QED) is 0.0148. The standard InChI is InChI=1S/C122H114O26Se2/c123-113(91-59-31-9-32-60-91)141-103-99(139-121(111(145-117(127)95-67-39-13-40-68-95)107(103)143-115(125)93-63-35-11-36-64-93)147-101-97(79-129-71-83-43-15-1-16-44-83)137-119(135-77-89-55-27-7-28-56-89)109(133-75-87-51-23-5-24-52-87)105(101)131-73-85-47-19-3-20-48-85)81-149-150-82-100-104(142-114(124)92-61-33-10-34-62-92)108(144-116(126)94-65-37-12-38-66-94)112(146-118(128)96-69-41-14-42-70-96)122(140-100)148-102-98(80-130-72-84-45-17-2-18-46-84)138-120(136-78-90-57-29-8-30-58-90)110(134-76-88-53-25-6-26-54-88)106(102)132-74-86-49-21-4-22-50-86/h1-70,97-112,119-122H,71-82H2/t97-,98-,99-,100-,101-,102-,103-,104-,105+,106+,107+,108+,109-,110-,111-,112-,119-,120-,121+,122+/m1/s1. The van der Waals surface area contributed by atoms with Crippen LogP contribution in [0.3, 0.4) is 0 Å². The third kappa shape index (κ3) is 29.8. The number of carbonyl (C=O) groups is 6. The molecule has 4 fully saturated rings. The van der Waals surface area contributed by atoms with E-state index in [1.165, 1.54) is 0 Å². The Morgan fingerprint density at radius 3 is 0.600 bits per heavy atom. The molecule has 0 unspecified atom stereocenters. The minimum absolute atomic E-state index is 0.0168. The summed E-state index contributed by atoms with van der Waals surface area (Å²) in [5.41, 5.74) is 6.96. The molecule has 14 aromatic rings. The van der Waals surface area contributed by atoms with Gasteiger partial charge < -0.3 is 0 Å². The molecule has 770 valence electrons. The molecule has 0 bridgehead atoms. The van der Waals surface area contributed by atoms with Crippen molar-refractivity contribution >= 4 is 62.1 Å². The van der Waals surface area contributed by atoms with Crippen LogP contribution in [0.1, 0.15) is 107 Å². The molecule has 20 atom stereocenters. The molecule has 0 amide bonds. The first-order chi connectivity index (χ1) is 73.9. The Morgan fingerprint density at radius 1 is 0.180 bits per heavy atom. The van der Waals surface area contributed by atoms with Gasteiger partial charge in [0.05, 0.1) is 0 Å². The molecule has 26 nitrogen and oxygen atoms in total. The normalized spacial score (nSPS) is 23.5. The fraction of sp³-hybridized carbons (Fsp3) is 0.262. The van der Waals surface area contributed by atoms with Crippen molar-refractivity contribution in [2.24, 2.45) is 0 Å². The van der Waals surface area contributed by atoms with E-state index in [0.717, 1.165) is 44.5 Å². The van der Waals surface area contributed by atoms with Crippen LogP contribution >= 0.6 is 0 Å². The summed E-state index contributed by atoms with van der Waals surface area (Å²) in [4.78, 5) is 93.5. The molecule has 4 saturated heterocycles. The molecule has 0 spiro atoms. The van der Waals surface area contributed by atoms with Gasteiger partial charge in [0.15, 0.2) is 0 Å². The summed E-state index contributed by atoms with van der Waals surface area (Å²) in [6.45, 7) is -0.118. The van der Waals surface area contributed by atoms with Crippen LogP contribution < -0.4 is 0 Å². The van der Waals surface area contributed by atoms with Crippen molar-refractivity contribution < 1.29 is 124 Å². The molecule has 0 saturated carbocycles. The zero-order chi connectivity index (χ0) is 103. The first-order valence-electron chi connectivity index (χ1n) is 49.8. The van der Waals surface area contributed by atoms with Crippen molar-refractivity contribution in [3.05, 3.63) is 503 Å². The zero-order valence-electron chi connectivity index (χ0n) is 81.9. The van der Waals surface area contributed by atoms with Crippen molar-refractivity contribution in [2.45, 2.75) is 186 Å². The number of benzene rings is 14. The number of esters is 6. The Labute approximate surface area is 881 Å². The Kier molecular flexibility index (Phi) is 39.1. The summed E-state index contributed by atoms with van der Waals surface area (Å²) in [6.07, 6.45) is -29.5. The maximum atomic E-state index is 15.6. The van der Waals surface area contributed by atoms with Crippen LogP contribution in [0.25, 0.3) is 0 Å². The van der Waals surface area contributed by atoms with E-state index in [1.807, 2.05) is 243 Å². The zero-order valence-corrected chi connectivity index (χ0v) is 85.3. The van der Waals surface area contributed by atoms with E-state index in [0.29, 0.717) is 0 Å². The van der Waals surface area contributed by atoms with Gasteiger partial charge in [0, 0.05) is 0 Å². The summed E-state index contributed by atoms with van der Waals surface area (Å²) >= 11 is -1.56. The van der Waals surface area contributed by atoms with Gasteiger partial charge in [-0.05, 0) is 0 Å². The maximum absolute atomic E-state index is 15.6. The van der Waals surface area contributed by atoms with E-state index >= 15 is 28.8 Å². The van der Waals surface area contributed by atoms with Gasteiger partial charge in [0.2, 0.25) is 0 Å². The van der Waals surface area contributed by atoms with Crippen LogP contribution in [0.15, 0.2) is 425 Å². The first kappa shape index (κ1) is 106. The second-order valence-corrected chi connectivity index (χ2v) is 43.5. The van der Waals surface area contributed by atoms with Crippen molar-refractivity contribution in [2.75, 3.05) is 13.2 Å². The summed E-state index contributed by atoms with van der Waals surface area (Å²) in [7, 11) is 0. The molecule has 18 rings (SSSR count). The molecule has 0 aliphatic carbocycles. The molecular weight excluding hydrogens is 2040 g/mol. The van der Waals surface area contributed by atoms with Gasteiger partial charge in [-0.2, -0.15) is 0 Å². The summed E-state index contributed by atoms with van der Waals surface area (Å²) in [5.74, 6) is -5.40. The summed E-state index contributed by atoms with van der Waals surface area (Å²) in [5, 5.41) is -0.106. The third-order valence-corrected chi connectivity index (χ3v) is 32.5. The Bertz CT molecular complexity index is 6060. The van der Waals surface area contributed by atoms with Gasteiger partial charge in [-0.25, -0.2) is 0 Å². The predicted molar refractivity (Wildman–Crippen MR) is 554 cm³/mol. The molecule has 0 radical (unpaired) electrons. The fourth-order valence-electron chi connectivity index (χ4n) is 17.8. The first-order valence-corrected chi connectivity index (χ1v) is 56.5. The average Bonchev–Trinajstić information content (AvgIpc) is 0.761. The number of rotatable bonds is 47. The molecule has 0 aromatic heterocycles. The van der Waals surface area contributed by atoms with Crippen molar-refractivity contribution in [3.63, 3.8) is 0 Å². The molecule has 14 aromatic carbocycles. The van der Waals surface area contributed by atoms with E-state index in [9.17, 15) is 0 Å². The molecule has 4 aliphatic heterocycles. The monoisotopic (exact) mass is 2150 g/mol. The molecule has 4 heterocycles. The summed E-state index contributed by atoms with van der Waals surface area (Å²) in [6, 6.07) is 126.